The molecular weight excluding hydrogens is 371 g/mol. The molecule has 0 nitrogen and oxygen atoms in total. The summed E-state index contributed by atoms with van der Waals surface area (Å²) in [6.07, 6.45) is 9.29. The molecule has 2 aromatic carbocycles. The summed E-state index contributed by atoms with van der Waals surface area (Å²) < 4.78 is 4.24. The minimum Gasteiger partial charge on any atom is -1.00 e. The standard InChI is InChI=1S/C13H9.C5H5.C3H7.2ClH.Ti/c1-3-7-12-10(5-1)9-11-6-2-4-8-13(11)12;1-2-4-5-3-1;1-3-2;;;/h1-5,7-8H,9H2;1-3H,4H2;3H,1-2H3;2*1H;/q;;;;;+2/p-2. The predicted molar refractivity (Wildman–Crippen MR) is 91.3 cm³/mol. The van der Waals surface area contributed by atoms with Crippen LogP contribution in [0.5, 0.6) is 0 Å². The molecule has 0 heterocycles. The summed E-state index contributed by atoms with van der Waals surface area (Å²) in [5.74, 6) is 0. The van der Waals surface area contributed by atoms with Gasteiger partial charge in [-0.1, -0.05) is 0 Å². The summed E-state index contributed by atoms with van der Waals surface area (Å²) in [4.78, 5) is 0. The molecule has 0 aliphatic heterocycles. The van der Waals surface area contributed by atoms with Gasteiger partial charge in [-0.15, -0.1) is 0 Å². The Morgan fingerprint density at radius 1 is 0.917 bits per heavy atom. The molecule has 0 saturated carbocycles. The van der Waals surface area contributed by atoms with Gasteiger partial charge in [-0.25, -0.2) is 0 Å². The van der Waals surface area contributed by atoms with E-state index in [2.05, 4.69) is 74.5 Å². The number of hydrogen-bond acceptors (Lipinski definition) is 0. The minimum absolute atomic E-state index is 0. The molecule has 3 heteroatoms. The molecule has 0 fully saturated rings. The van der Waals surface area contributed by atoms with Gasteiger partial charge in [0, 0.05) is 0 Å². The van der Waals surface area contributed by atoms with Crippen molar-refractivity contribution in [2.24, 2.45) is 0 Å². The molecule has 2 aromatic rings. The Balaban J connectivity index is 0.00000104. The van der Waals surface area contributed by atoms with Crippen molar-refractivity contribution >= 4 is 3.87 Å². The topological polar surface area (TPSA) is 0 Å². The maximum absolute atomic E-state index is 2.43. The van der Waals surface area contributed by atoms with E-state index in [-0.39, 0.29) is 24.8 Å². The van der Waals surface area contributed by atoms with Gasteiger partial charge < -0.3 is 24.8 Å². The molecule has 0 spiro atoms. The average molecular weight is 392 g/mol. The van der Waals surface area contributed by atoms with Crippen LogP contribution in [0.2, 0.25) is 4.22 Å². The molecular formula is C21H21Cl2Ti. The van der Waals surface area contributed by atoms with E-state index < -0.39 is 17.9 Å². The Morgan fingerprint density at radius 3 is 2.38 bits per heavy atom. The summed E-state index contributed by atoms with van der Waals surface area (Å²) in [5, 5.41) is 0. The van der Waals surface area contributed by atoms with E-state index in [0.29, 0.717) is 0 Å². The Kier molecular flexibility index (Phi) is 6.56. The number of fused-ring (bicyclic) bond motifs is 3. The first-order chi connectivity index (χ1) is 10.8. The summed E-state index contributed by atoms with van der Waals surface area (Å²) in [7, 11) is 0. The van der Waals surface area contributed by atoms with E-state index in [9.17, 15) is 0 Å². The Morgan fingerprint density at radius 2 is 1.67 bits per heavy atom. The molecule has 2 aliphatic carbocycles. The van der Waals surface area contributed by atoms with Crippen LogP contribution in [0.25, 0.3) is 11.1 Å². The second-order valence-electron chi connectivity index (χ2n) is 6.56. The average Bonchev–Trinajstić information content (AvgIpc) is 3.15. The first-order valence-electron chi connectivity index (χ1n) is 8.19. The largest absolute Gasteiger partial charge is 1.00 e. The smallest absolute Gasteiger partial charge is 1.00 e. The summed E-state index contributed by atoms with van der Waals surface area (Å²) >= 11 is -1.42. The van der Waals surface area contributed by atoms with Gasteiger partial charge >= 0.3 is 139 Å². The van der Waals surface area contributed by atoms with E-state index in [4.69, 9.17) is 0 Å². The number of allylic oxidation sites excluding steroid dienone is 4. The zero-order valence-electron chi connectivity index (χ0n) is 14.0. The fraction of sp³-hybridized carbons (Fsp3) is 0.238. The van der Waals surface area contributed by atoms with Crippen LogP contribution in [0.1, 0.15) is 31.4 Å². The molecule has 24 heavy (non-hydrogen) atoms. The van der Waals surface area contributed by atoms with Crippen LogP contribution in [0, 0.1) is 0 Å². The van der Waals surface area contributed by atoms with Gasteiger partial charge in [0.05, 0.1) is 0 Å². The third kappa shape index (κ3) is 3.30. The molecule has 123 valence electrons. The first-order valence-corrected chi connectivity index (χ1v) is 10.7. The van der Waals surface area contributed by atoms with Crippen molar-refractivity contribution < 1.29 is 42.7 Å². The predicted octanol–water partition coefficient (Wildman–Crippen LogP) is -0.819. The van der Waals surface area contributed by atoms with Crippen molar-refractivity contribution in [2.75, 3.05) is 0 Å². The van der Waals surface area contributed by atoms with Crippen molar-refractivity contribution in [1.29, 1.82) is 0 Å². The SMILES string of the molecule is C[CH](C)[Ti+2]([C]1=CC=CC1)[c]1cccc2c1Cc1ccccc1-2.[Cl-].[Cl-]. The van der Waals surface area contributed by atoms with Gasteiger partial charge in [0.2, 0.25) is 0 Å². The van der Waals surface area contributed by atoms with Crippen molar-refractivity contribution in [1.82, 2.24) is 0 Å². The molecule has 0 N–H and O–H groups in total. The van der Waals surface area contributed by atoms with E-state index in [1.165, 1.54) is 23.1 Å². The monoisotopic (exact) mass is 391 g/mol. The van der Waals surface area contributed by atoms with Crippen LogP contribution >= 0.6 is 0 Å². The third-order valence-electron chi connectivity index (χ3n) is 4.84. The molecule has 4 rings (SSSR count). The maximum atomic E-state index is 2.43. The van der Waals surface area contributed by atoms with E-state index in [1.54, 1.807) is 13.3 Å². The quantitative estimate of drug-likeness (QED) is 0.512. The van der Waals surface area contributed by atoms with Gasteiger partial charge in [0.1, 0.15) is 0 Å². The molecule has 0 unspecified atom stereocenters. The van der Waals surface area contributed by atoms with Crippen LogP contribution in [-0.4, -0.2) is 0 Å². The summed E-state index contributed by atoms with van der Waals surface area (Å²) in [6, 6.07) is 16.0. The van der Waals surface area contributed by atoms with Crippen LogP contribution in [0.15, 0.2) is 64.6 Å². The fourth-order valence-electron chi connectivity index (χ4n) is 3.91. The van der Waals surface area contributed by atoms with Gasteiger partial charge in [0.25, 0.3) is 0 Å². The van der Waals surface area contributed by atoms with Gasteiger partial charge in [0.15, 0.2) is 0 Å². The summed E-state index contributed by atoms with van der Waals surface area (Å²) in [5.41, 5.74) is 6.08. The van der Waals surface area contributed by atoms with Crippen LogP contribution < -0.4 is 28.7 Å². The zero-order valence-corrected chi connectivity index (χ0v) is 17.1. The molecule has 0 bridgehead atoms. The second kappa shape index (κ2) is 8.06. The molecule has 2 aliphatic rings. The molecule has 0 amide bonds. The number of benzene rings is 2. The minimum atomic E-state index is -1.42. The molecule has 0 radical (unpaired) electrons. The Bertz CT molecular complexity index is 790. The number of hydrogen-bond donors (Lipinski definition) is 0. The Hall–Kier alpha value is -0.786. The van der Waals surface area contributed by atoms with Gasteiger partial charge in [-0.2, -0.15) is 0 Å². The molecule has 0 saturated heterocycles. The van der Waals surface area contributed by atoms with Crippen LogP contribution in [-0.2, 0) is 24.3 Å². The number of halogens is 2. The van der Waals surface area contributed by atoms with E-state index in [1.807, 2.05) is 0 Å². The fourth-order valence-corrected chi connectivity index (χ4v) is 8.83. The van der Waals surface area contributed by atoms with E-state index >= 15 is 0 Å². The van der Waals surface area contributed by atoms with Crippen molar-refractivity contribution in [3.63, 3.8) is 0 Å². The van der Waals surface area contributed by atoms with Gasteiger partial charge in [-0.3, -0.25) is 0 Å². The van der Waals surface area contributed by atoms with Gasteiger partial charge in [-0.05, 0) is 0 Å². The molecule has 0 aromatic heterocycles. The Labute approximate surface area is 163 Å². The van der Waals surface area contributed by atoms with Crippen LogP contribution in [0.4, 0.5) is 0 Å². The molecule has 0 atom stereocenters. The third-order valence-corrected chi connectivity index (χ3v) is 9.94. The van der Waals surface area contributed by atoms with Crippen molar-refractivity contribution in [3.8, 4) is 11.1 Å². The second-order valence-corrected chi connectivity index (χ2v) is 11.5. The normalized spacial score (nSPS) is 13.7. The maximum Gasteiger partial charge on any atom is -1.00 e. The van der Waals surface area contributed by atoms with Crippen LogP contribution in [0.3, 0.4) is 0 Å². The van der Waals surface area contributed by atoms with Crippen molar-refractivity contribution in [3.05, 3.63) is 75.7 Å². The van der Waals surface area contributed by atoms with E-state index in [0.717, 1.165) is 10.6 Å². The number of rotatable bonds is 3. The zero-order chi connectivity index (χ0) is 15.1. The van der Waals surface area contributed by atoms with Crippen molar-refractivity contribution in [2.45, 2.75) is 30.9 Å². The summed E-state index contributed by atoms with van der Waals surface area (Å²) in [6.45, 7) is 4.85. The first kappa shape index (κ1) is 19.5.